The van der Waals surface area contributed by atoms with E-state index < -0.39 is 0 Å². The molecule has 2 aliphatic heterocycles. The van der Waals surface area contributed by atoms with Gasteiger partial charge in [-0.05, 0) is 55.2 Å². The standard InChI is InChI=1S/C13H19NO.C9H11NO2/c1-11-7-9-14(10-8-11)12-3-5-13(15-2)6-4-12;10-5-7-6-11-8-3-1-2-4-9(8)12-7/h3-6,11H,7-10H2,1-2H3;1-4,7H,5-6,10H2. The highest BCUT2D eigenvalue weighted by Crippen LogP contribution is 2.30. The Hall–Kier alpha value is -2.40. The van der Waals surface area contributed by atoms with Crippen LogP contribution in [0.4, 0.5) is 5.69 Å². The highest BCUT2D eigenvalue weighted by molar-refractivity contribution is 5.49. The molecule has 2 aliphatic rings. The summed E-state index contributed by atoms with van der Waals surface area (Å²) in [5.41, 5.74) is 6.78. The number of piperidine rings is 1. The van der Waals surface area contributed by atoms with E-state index in [1.54, 1.807) is 7.11 Å². The molecular weight excluding hydrogens is 340 g/mol. The summed E-state index contributed by atoms with van der Waals surface area (Å²) in [5.74, 6) is 3.42. The highest BCUT2D eigenvalue weighted by Gasteiger charge is 2.18. The molecule has 4 rings (SSSR count). The van der Waals surface area contributed by atoms with E-state index in [4.69, 9.17) is 19.9 Å². The van der Waals surface area contributed by atoms with Crippen molar-refractivity contribution >= 4 is 5.69 Å². The first-order chi connectivity index (χ1) is 13.2. The SMILES string of the molecule is COc1ccc(N2CCC(C)CC2)cc1.NCC1COc2ccccc2O1. The molecule has 5 nitrogen and oxygen atoms in total. The summed E-state index contributed by atoms with van der Waals surface area (Å²) < 4.78 is 16.1. The number of hydrogen-bond acceptors (Lipinski definition) is 5. The van der Waals surface area contributed by atoms with E-state index in [-0.39, 0.29) is 6.10 Å². The van der Waals surface area contributed by atoms with E-state index in [9.17, 15) is 0 Å². The molecule has 2 heterocycles. The lowest BCUT2D eigenvalue weighted by atomic mass is 9.99. The number of anilines is 1. The van der Waals surface area contributed by atoms with E-state index in [1.165, 1.54) is 31.6 Å². The second-order valence-corrected chi connectivity index (χ2v) is 7.10. The molecule has 0 aliphatic carbocycles. The van der Waals surface area contributed by atoms with Gasteiger partial charge in [-0.15, -0.1) is 0 Å². The predicted octanol–water partition coefficient (Wildman–Crippen LogP) is 3.72. The molecule has 2 aromatic carbocycles. The molecule has 1 saturated heterocycles. The molecule has 5 heteroatoms. The van der Waals surface area contributed by atoms with Crippen LogP contribution in [-0.4, -0.2) is 39.5 Å². The zero-order valence-corrected chi connectivity index (χ0v) is 16.3. The topological polar surface area (TPSA) is 57.0 Å². The number of hydrogen-bond donors (Lipinski definition) is 1. The van der Waals surface area contributed by atoms with Crippen LogP contribution >= 0.6 is 0 Å². The second kappa shape index (κ2) is 9.51. The van der Waals surface area contributed by atoms with Gasteiger partial charge in [0.05, 0.1) is 7.11 Å². The fourth-order valence-electron chi connectivity index (χ4n) is 3.24. The fraction of sp³-hybridized carbons (Fsp3) is 0.455. The van der Waals surface area contributed by atoms with Crippen molar-refractivity contribution in [3.8, 4) is 17.2 Å². The van der Waals surface area contributed by atoms with Gasteiger partial charge in [-0.2, -0.15) is 0 Å². The minimum atomic E-state index is -0.0000926. The molecule has 1 atom stereocenters. The van der Waals surface area contributed by atoms with Crippen molar-refractivity contribution < 1.29 is 14.2 Å². The van der Waals surface area contributed by atoms with E-state index in [0.717, 1.165) is 23.2 Å². The van der Waals surface area contributed by atoms with Crippen molar-refractivity contribution in [2.24, 2.45) is 11.7 Å². The molecule has 1 fully saturated rings. The molecule has 146 valence electrons. The molecule has 0 aromatic heterocycles. The van der Waals surface area contributed by atoms with Gasteiger partial charge in [-0.25, -0.2) is 0 Å². The maximum absolute atomic E-state index is 5.53. The van der Waals surface area contributed by atoms with Crippen LogP contribution in [-0.2, 0) is 0 Å². The molecule has 0 spiro atoms. The average molecular weight is 370 g/mol. The summed E-state index contributed by atoms with van der Waals surface area (Å²) in [6, 6.07) is 16.0. The van der Waals surface area contributed by atoms with Crippen molar-refractivity contribution in [1.29, 1.82) is 0 Å². The van der Waals surface area contributed by atoms with Gasteiger partial charge in [0.15, 0.2) is 11.5 Å². The minimum Gasteiger partial charge on any atom is -0.497 e. The maximum atomic E-state index is 5.53. The molecule has 0 radical (unpaired) electrons. The first-order valence-corrected chi connectivity index (χ1v) is 9.67. The van der Waals surface area contributed by atoms with Crippen LogP contribution in [0.1, 0.15) is 19.8 Å². The molecule has 0 bridgehead atoms. The normalized spacial score (nSPS) is 19.1. The van der Waals surface area contributed by atoms with Gasteiger partial charge < -0.3 is 24.8 Å². The van der Waals surface area contributed by atoms with Crippen LogP contribution < -0.4 is 24.8 Å². The van der Waals surface area contributed by atoms with Crippen LogP contribution in [0.25, 0.3) is 0 Å². The summed E-state index contributed by atoms with van der Waals surface area (Å²) in [6.45, 7) is 5.76. The molecule has 27 heavy (non-hydrogen) atoms. The Labute approximate surface area is 162 Å². The molecule has 0 amide bonds. The fourth-order valence-corrected chi connectivity index (χ4v) is 3.24. The average Bonchev–Trinajstić information content (AvgIpc) is 2.74. The van der Waals surface area contributed by atoms with Crippen molar-refractivity contribution in [1.82, 2.24) is 0 Å². The lowest BCUT2D eigenvalue weighted by Crippen LogP contribution is -2.35. The maximum Gasteiger partial charge on any atom is 0.161 e. The summed E-state index contributed by atoms with van der Waals surface area (Å²) in [5, 5.41) is 0. The summed E-state index contributed by atoms with van der Waals surface area (Å²) in [6.07, 6.45) is 2.62. The number of nitrogens with two attached hydrogens (primary N) is 1. The van der Waals surface area contributed by atoms with Gasteiger partial charge >= 0.3 is 0 Å². The Morgan fingerprint density at radius 1 is 1.04 bits per heavy atom. The van der Waals surface area contributed by atoms with Crippen molar-refractivity contribution in [3.05, 3.63) is 48.5 Å². The third kappa shape index (κ3) is 5.30. The molecule has 2 aromatic rings. The Balaban J connectivity index is 0.000000159. The number of para-hydroxylation sites is 2. The van der Waals surface area contributed by atoms with Gasteiger partial charge in [0, 0.05) is 25.3 Å². The molecular formula is C22H30N2O3. The smallest absolute Gasteiger partial charge is 0.161 e. The number of fused-ring (bicyclic) bond motifs is 1. The molecule has 1 unspecified atom stereocenters. The molecule has 0 saturated carbocycles. The third-order valence-corrected chi connectivity index (χ3v) is 5.05. The van der Waals surface area contributed by atoms with Gasteiger partial charge in [-0.1, -0.05) is 19.1 Å². The van der Waals surface area contributed by atoms with E-state index in [1.807, 2.05) is 36.4 Å². The number of methoxy groups -OCH3 is 1. The first kappa shape index (κ1) is 19.4. The zero-order valence-electron chi connectivity index (χ0n) is 16.3. The summed E-state index contributed by atoms with van der Waals surface area (Å²) in [4.78, 5) is 2.46. The van der Waals surface area contributed by atoms with Crippen LogP contribution in [0.15, 0.2) is 48.5 Å². The lowest BCUT2D eigenvalue weighted by Gasteiger charge is -2.32. The van der Waals surface area contributed by atoms with Gasteiger partial charge in [-0.3, -0.25) is 0 Å². The van der Waals surface area contributed by atoms with E-state index in [2.05, 4.69) is 24.0 Å². The lowest BCUT2D eigenvalue weighted by molar-refractivity contribution is 0.0969. The Bertz CT molecular complexity index is 697. The second-order valence-electron chi connectivity index (χ2n) is 7.10. The van der Waals surface area contributed by atoms with Gasteiger partial charge in [0.2, 0.25) is 0 Å². The van der Waals surface area contributed by atoms with Crippen LogP contribution in [0.3, 0.4) is 0 Å². The highest BCUT2D eigenvalue weighted by atomic mass is 16.6. The Morgan fingerprint density at radius 3 is 2.33 bits per heavy atom. The van der Waals surface area contributed by atoms with E-state index in [0.29, 0.717) is 13.2 Å². The minimum absolute atomic E-state index is 0.0000926. The first-order valence-electron chi connectivity index (χ1n) is 9.67. The third-order valence-electron chi connectivity index (χ3n) is 5.05. The van der Waals surface area contributed by atoms with Crippen molar-refractivity contribution in [2.45, 2.75) is 25.9 Å². The summed E-state index contributed by atoms with van der Waals surface area (Å²) in [7, 11) is 1.71. The van der Waals surface area contributed by atoms with Crippen LogP contribution in [0.2, 0.25) is 0 Å². The largest absolute Gasteiger partial charge is 0.497 e. The van der Waals surface area contributed by atoms with Crippen molar-refractivity contribution in [2.75, 3.05) is 38.3 Å². The quantitative estimate of drug-likeness (QED) is 0.892. The number of ether oxygens (including phenoxy) is 3. The van der Waals surface area contributed by atoms with Gasteiger partial charge in [0.1, 0.15) is 18.5 Å². The number of benzene rings is 2. The zero-order chi connectivity index (χ0) is 19.1. The monoisotopic (exact) mass is 370 g/mol. The Kier molecular flexibility index (Phi) is 6.82. The summed E-state index contributed by atoms with van der Waals surface area (Å²) >= 11 is 0. The molecule has 2 N–H and O–H groups in total. The van der Waals surface area contributed by atoms with E-state index >= 15 is 0 Å². The number of rotatable bonds is 3. The van der Waals surface area contributed by atoms with Crippen LogP contribution in [0, 0.1) is 5.92 Å². The Morgan fingerprint density at radius 2 is 1.70 bits per heavy atom. The van der Waals surface area contributed by atoms with Crippen molar-refractivity contribution in [3.63, 3.8) is 0 Å². The number of nitrogens with zero attached hydrogens (tertiary/aromatic N) is 1. The van der Waals surface area contributed by atoms with Crippen LogP contribution in [0.5, 0.6) is 17.2 Å². The predicted molar refractivity (Wildman–Crippen MR) is 109 cm³/mol. The van der Waals surface area contributed by atoms with Gasteiger partial charge in [0.25, 0.3) is 0 Å².